The monoisotopic (exact) mass is 223 g/mol. The van der Waals surface area contributed by atoms with E-state index in [1.54, 1.807) is 0 Å². The summed E-state index contributed by atoms with van der Waals surface area (Å²) in [5.74, 6) is 0.884. The Morgan fingerprint density at radius 1 is 1.19 bits per heavy atom. The molecule has 2 aliphatic rings. The molecule has 2 nitrogen and oxygen atoms in total. The highest BCUT2D eigenvalue weighted by Gasteiger charge is 2.34. The van der Waals surface area contributed by atoms with E-state index >= 15 is 0 Å². The second-order valence-electron chi connectivity index (χ2n) is 6.00. The van der Waals surface area contributed by atoms with E-state index in [4.69, 9.17) is 0 Å². The molecule has 0 aromatic rings. The zero-order valence-corrected chi connectivity index (χ0v) is 10.6. The van der Waals surface area contributed by atoms with Crippen LogP contribution in [0.4, 0.5) is 0 Å². The van der Waals surface area contributed by atoms with Crippen LogP contribution in [-0.4, -0.2) is 30.8 Å². The van der Waals surface area contributed by atoms with Crippen molar-refractivity contribution in [3.05, 3.63) is 0 Å². The fraction of sp³-hybridized carbons (Fsp3) is 0.929. The molecule has 2 heteroatoms. The van der Waals surface area contributed by atoms with E-state index in [1.807, 2.05) is 0 Å². The minimum absolute atomic E-state index is 0.0127. The molecule has 1 aliphatic carbocycles. The lowest BCUT2D eigenvalue weighted by Gasteiger charge is -2.39. The number of aldehydes is 1. The van der Waals surface area contributed by atoms with Crippen LogP contribution in [0.15, 0.2) is 0 Å². The second kappa shape index (κ2) is 5.31. The highest BCUT2D eigenvalue weighted by atomic mass is 16.1. The van der Waals surface area contributed by atoms with E-state index in [-0.39, 0.29) is 5.41 Å². The van der Waals surface area contributed by atoms with Crippen molar-refractivity contribution in [2.75, 3.05) is 19.6 Å². The average Bonchev–Trinajstić information content (AvgIpc) is 2.33. The smallest absolute Gasteiger partial charge is 0.127 e. The first-order chi connectivity index (χ1) is 7.74. The summed E-state index contributed by atoms with van der Waals surface area (Å²) in [6, 6.07) is 0. The van der Waals surface area contributed by atoms with Gasteiger partial charge in [0.15, 0.2) is 0 Å². The van der Waals surface area contributed by atoms with Crippen molar-refractivity contribution in [2.45, 2.75) is 51.9 Å². The van der Waals surface area contributed by atoms with Gasteiger partial charge in [-0.05, 0) is 44.7 Å². The Labute approximate surface area is 99.4 Å². The number of likely N-dealkylation sites (tertiary alicyclic amines) is 1. The van der Waals surface area contributed by atoms with Crippen molar-refractivity contribution in [3.8, 4) is 0 Å². The van der Waals surface area contributed by atoms with E-state index < -0.39 is 0 Å². The zero-order chi connectivity index (χ0) is 11.4. The maximum Gasteiger partial charge on any atom is 0.127 e. The van der Waals surface area contributed by atoms with Gasteiger partial charge in [0.25, 0.3) is 0 Å². The molecule has 0 N–H and O–H groups in total. The number of hydrogen-bond acceptors (Lipinski definition) is 2. The maximum absolute atomic E-state index is 11.4. The maximum atomic E-state index is 11.4. The van der Waals surface area contributed by atoms with Gasteiger partial charge in [0.1, 0.15) is 6.29 Å². The van der Waals surface area contributed by atoms with Crippen LogP contribution in [0, 0.1) is 11.3 Å². The van der Waals surface area contributed by atoms with E-state index in [2.05, 4.69) is 11.8 Å². The molecular weight excluding hydrogens is 198 g/mol. The molecule has 0 atom stereocenters. The molecule has 2 fully saturated rings. The van der Waals surface area contributed by atoms with Gasteiger partial charge in [-0.25, -0.2) is 0 Å². The number of carbonyl (C=O) groups excluding carboxylic acids is 1. The Kier molecular flexibility index (Phi) is 4.01. The largest absolute Gasteiger partial charge is 0.303 e. The molecule has 2 rings (SSSR count). The number of carbonyl (C=O) groups is 1. The molecular formula is C14H25NO. The van der Waals surface area contributed by atoms with Gasteiger partial charge in [-0.15, -0.1) is 0 Å². The van der Waals surface area contributed by atoms with Crippen LogP contribution in [0.25, 0.3) is 0 Å². The Morgan fingerprint density at radius 3 is 2.38 bits per heavy atom. The quantitative estimate of drug-likeness (QED) is 0.686. The van der Waals surface area contributed by atoms with E-state index in [1.165, 1.54) is 51.5 Å². The van der Waals surface area contributed by atoms with Gasteiger partial charge >= 0.3 is 0 Å². The summed E-state index contributed by atoms with van der Waals surface area (Å²) in [7, 11) is 0. The highest BCUT2D eigenvalue weighted by molar-refractivity contribution is 5.60. The van der Waals surface area contributed by atoms with Gasteiger partial charge in [-0.1, -0.05) is 26.2 Å². The molecule has 1 heterocycles. The first kappa shape index (κ1) is 12.1. The Bertz CT molecular complexity index is 225. The van der Waals surface area contributed by atoms with Crippen LogP contribution in [-0.2, 0) is 4.79 Å². The van der Waals surface area contributed by atoms with Gasteiger partial charge in [0.05, 0.1) is 0 Å². The molecule has 0 radical (unpaired) electrons. The normalized spacial score (nSPS) is 27.8. The first-order valence-electron chi connectivity index (χ1n) is 6.93. The van der Waals surface area contributed by atoms with Crippen molar-refractivity contribution in [1.29, 1.82) is 0 Å². The summed E-state index contributed by atoms with van der Waals surface area (Å²) in [6.07, 6.45) is 9.98. The van der Waals surface area contributed by atoms with Crippen molar-refractivity contribution in [2.24, 2.45) is 11.3 Å². The summed E-state index contributed by atoms with van der Waals surface area (Å²) >= 11 is 0. The van der Waals surface area contributed by atoms with E-state index in [0.717, 1.165) is 25.3 Å². The highest BCUT2D eigenvalue weighted by Crippen LogP contribution is 2.35. The Morgan fingerprint density at radius 2 is 1.81 bits per heavy atom. The van der Waals surface area contributed by atoms with Crippen molar-refractivity contribution >= 4 is 6.29 Å². The standard InChI is InChI=1S/C14H25NO/c1-13-5-9-15(10-6-13)11-14(12-16)7-3-2-4-8-14/h12-13H,2-11H2,1H3. The second-order valence-corrected chi connectivity index (χ2v) is 6.00. The van der Waals surface area contributed by atoms with Gasteiger partial charge in [-0.3, -0.25) is 0 Å². The van der Waals surface area contributed by atoms with Crippen LogP contribution in [0.2, 0.25) is 0 Å². The SMILES string of the molecule is CC1CCN(CC2(C=O)CCCCC2)CC1. The number of nitrogens with zero attached hydrogens (tertiary/aromatic N) is 1. The minimum Gasteiger partial charge on any atom is -0.303 e. The lowest BCUT2D eigenvalue weighted by atomic mass is 9.74. The van der Waals surface area contributed by atoms with Gasteiger partial charge in [-0.2, -0.15) is 0 Å². The molecule has 0 aromatic heterocycles. The third kappa shape index (κ3) is 2.85. The zero-order valence-electron chi connectivity index (χ0n) is 10.6. The molecule has 92 valence electrons. The van der Waals surface area contributed by atoms with Gasteiger partial charge in [0, 0.05) is 12.0 Å². The predicted octanol–water partition coefficient (Wildman–Crippen LogP) is 2.87. The topological polar surface area (TPSA) is 20.3 Å². The van der Waals surface area contributed by atoms with Crippen molar-refractivity contribution in [3.63, 3.8) is 0 Å². The lowest BCUT2D eigenvalue weighted by molar-refractivity contribution is -0.119. The molecule has 1 saturated heterocycles. The average molecular weight is 223 g/mol. The minimum atomic E-state index is 0.0127. The summed E-state index contributed by atoms with van der Waals surface area (Å²) in [6.45, 7) is 5.78. The molecule has 16 heavy (non-hydrogen) atoms. The van der Waals surface area contributed by atoms with E-state index in [0.29, 0.717) is 0 Å². The van der Waals surface area contributed by atoms with Crippen molar-refractivity contribution < 1.29 is 4.79 Å². The van der Waals surface area contributed by atoms with Gasteiger partial charge < -0.3 is 9.69 Å². The third-order valence-corrected chi connectivity index (χ3v) is 4.51. The van der Waals surface area contributed by atoms with Gasteiger partial charge in [0.2, 0.25) is 0 Å². The van der Waals surface area contributed by atoms with Crippen LogP contribution in [0.5, 0.6) is 0 Å². The number of rotatable bonds is 3. The fourth-order valence-corrected chi connectivity index (χ4v) is 3.23. The van der Waals surface area contributed by atoms with E-state index in [9.17, 15) is 4.79 Å². The molecule has 0 amide bonds. The summed E-state index contributed by atoms with van der Waals surface area (Å²) in [5, 5.41) is 0. The molecule has 1 saturated carbocycles. The Hall–Kier alpha value is -0.370. The van der Waals surface area contributed by atoms with Crippen LogP contribution in [0.3, 0.4) is 0 Å². The molecule has 0 bridgehead atoms. The fourth-order valence-electron chi connectivity index (χ4n) is 3.23. The summed E-state index contributed by atoms with van der Waals surface area (Å²) < 4.78 is 0. The first-order valence-corrected chi connectivity index (χ1v) is 6.93. The predicted molar refractivity (Wildman–Crippen MR) is 66.4 cm³/mol. The van der Waals surface area contributed by atoms with Crippen LogP contribution < -0.4 is 0 Å². The summed E-state index contributed by atoms with van der Waals surface area (Å²) in [4.78, 5) is 13.9. The third-order valence-electron chi connectivity index (χ3n) is 4.51. The Balaban J connectivity index is 1.88. The van der Waals surface area contributed by atoms with Crippen LogP contribution in [0.1, 0.15) is 51.9 Å². The van der Waals surface area contributed by atoms with Crippen molar-refractivity contribution in [1.82, 2.24) is 4.90 Å². The molecule has 1 aliphatic heterocycles. The number of hydrogen-bond donors (Lipinski definition) is 0. The molecule has 0 aromatic carbocycles. The molecule has 0 spiro atoms. The molecule has 0 unspecified atom stereocenters. The lowest BCUT2D eigenvalue weighted by Crippen LogP contribution is -2.43. The summed E-state index contributed by atoms with van der Waals surface area (Å²) in [5.41, 5.74) is 0.0127. The number of piperidine rings is 1. The van der Waals surface area contributed by atoms with Crippen LogP contribution >= 0.6 is 0 Å².